The van der Waals surface area contributed by atoms with Crippen LogP contribution in [0.4, 0.5) is 0 Å². The van der Waals surface area contributed by atoms with E-state index >= 15 is 0 Å². The summed E-state index contributed by atoms with van der Waals surface area (Å²) in [5.74, 6) is 1.48. The zero-order valence-corrected chi connectivity index (χ0v) is 14.9. The number of methoxy groups -OCH3 is 2. The maximum Gasteiger partial charge on any atom is 0.0624 e. The van der Waals surface area contributed by atoms with Crippen molar-refractivity contribution in [1.29, 1.82) is 0 Å². The Labute approximate surface area is 131 Å². The van der Waals surface area contributed by atoms with Crippen LogP contribution in [0.25, 0.3) is 0 Å². The standard InChI is InChI=1S/C18H35NO2/c1-13(2)19-8-7-17(21-6)14(12-19)11-18(3,4)15-9-16(10-15)20-5/h13-17H,7-12H2,1-6H3. The van der Waals surface area contributed by atoms with Crippen LogP contribution in [-0.4, -0.2) is 50.5 Å². The van der Waals surface area contributed by atoms with Crippen molar-refractivity contribution in [3.05, 3.63) is 0 Å². The quantitative estimate of drug-likeness (QED) is 0.748. The van der Waals surface area contributed by atoms with Crippen LogP contribution >= 0.6 is 0 Å². The molecule has 1 saturated heterocycles. The van der Waals surface area contributed by atoms with Crippen molar-refractivity contribution in [2.45, 2.75) is 71.6 Å². The lowest BCUT2D eigenvalue weighted by atomic mass is 9.62. The molecule has 21 heavy (non-hydrogen) atoms. The highest BCUT2D eigenvalue weighted by atomic mass is 16.5. The molecule has 1 aliphatic carbocycles. The summed E-state index contributed by atoms with van der Waals surface area (Å²) >= 11 is 0. The molecule has 0 aromatic rings. The van der Waals surface area contributed by atoms with Gasteiger partial charge in [0.1, 0.15) is 0 Å². The van der Waals surface area contributed by atoms with Gasteiger partial charge in [-0.25, -0.2) is 0 Å². The molecule has 2 rings (SSSR count). The van der Waals surface area contributed by atoms with Gasteiger partial charge in [-0.05, 0) is 56.8 Å². The van der Waals surface area contributed by atoms with E-state index in [9.17, 15) is 0 Å². The zero-order chi connectivity index (χ0) is 15.6. The minimum absolute atomic E-state index is 0.399. The summed E-state index contributed by atoms with van der Waals surface area (Å²) < 4.78 is 11.3. The van der Waals surface area contributed by atoms with Crippen LogP contribution < -0.4 is 0 Å². The Balaban J connectivity index is 1.94. The van der Waals surface area contributed by atoms with E-state index in [4.69, 9.17) is 9.47 Å². The summed E-state index contributed by atoms with van der Waals surface area (Å²) in [6.45, 7) is 11.9. The van der Waals surface area contributed by atoms with Gasteiger partial charge < -0.3 is 14.4 Å². The molecule has 3 heteroatoms. The summed E-state index contributed by atoms with van der Waals surface area (Å²) in [6, 6.07) is 0.648. The fourth-order valence-corrected chi connectivity index (χ4v) is 4.25. The number of piperidine rings is 1. The topological polar surface area (TPSA) is 21.7 Å². The van der Waals surface area contributed by atoms with E-state index in [1.807, 2.05) is 14.2 Å². The third-order valence-corrected chi connectivity index (χ3v) is 6.05. The fourth-order valence-electron chi connectivity index (χ4n) is 4.25. The first-order valence-corrected chi connectivity index (χ1v) is 8.67. The minimum Gasteiger partial charge on any atom is -0.381 e. The van der Waals surface area contributed by atoms with Gasteiger partial charge in [0, 0.05) is 33.4 Å². The van der Waals surface area contributed by atoms with Crippen LogP contribution in [0, 0.1) is 17.3 Å². The lowest BCUT2D eigenvalue weighted by molar-refractivity contribution is -0.0735. The molecular weight excluding hydrogens is 262 g/mol. The molecule has 0 bridgehead atoms. The Hall–Kier alpha value is -0.120. The molecule has 124 valence electrons. The highest BCUT2D eigenvalue weighted by Crippen LogP contribution is 2.47. The molecule has 0 spiro atoms. The van der Waals surface area contributed by atoms with E-state index in [1.54, 1.807) is 0 Å². The average Bonchev–Trinajstić information content (AvgIpc) is 2.36. The molecule has 1 aliphatic heterocycles. The first-order chi connectivity index (χ1) is 9.87. The minimum atomic E-state index is 0.399. The van der Waals surface area contributed by atoms with E-state index in [-0.39, 0.29) is 0 Å². The van der Waals surface area contributed by atoms with Crippen molar-refractivity contribution in [3.63, 3.8) is 0 Å². The molecule has 0 radical (unpaired) electrons. The van der Waals surface area contributed by atoms with Crippen molar-refractivity contribution in [1.82, 2.24) is 4.90 Å². The molecule has 2 unspecified atom stereocenters. The Morgan fingerprint density at radius 1 is 1.14 bits per heavy atom. The monoisotopic (exact) mass is 297 g/mol. The fraction of sp³-hybridized carbons (Fsp3) is 1.00. The van der Waals surface area contributed by atoms with E-state index in [0.717, 1.165) is 5.92 Å². The maximum absolute atomic E-state index is 5.80. The van der Waals surface area contributed by atoms with Gasteiger partial charge in [0.05, 0.1) is 12.2 Å². The summed E-state index contributed by atoms with van der Waals surface area (Å²) in [5, 5.41) is 0. The Kier molecular flexibility index (Phi) is 5.72. The third-order valence-electron chi connectivity index (χ3n) is 6.05. The number of rotatable bonds is 6. The maximum atomic E-state index is 5.80. The second-order valence-corrected chi connectivity index (χ2v) is 8.13. The molecule has 0 N–H and O–H groups in total. The van der Waals surface area contributed by atoms with Crippen LogP contribution in [0.15, 0.2) is 0 Å². The first-order valence-electron chi connectivity index (χ1n) is 8.67. The first kappa shape index (κ1) is 17.2. The van der Waals surface area contributed by atoms with Crippen molar-refractivity contribution < 1.29 is 9.47 Å². The number of ether oxygens (including phenoxy) is 2. The molecular formula is C18H35NO2. The SMILES string of the molecule is COC1CC(C(C)(C)CC2CN(C(C)C)CCC2OC)C1. The van der Waals surface area contributed by atoms with Crippen molar-refractivity contribution in [2.24, 2.45) is 17.3 Å². The highest BCUT2D eigenvalue weighted by Gasteiger charge is 2.43. The highest BCUT2D eigenvalue weighted by molar-refractivity contribution is 4.94. The molecule has 1 heterocycles. The molecule has 3 nitrogen and oxygen atoms in total. The molecule has 1 saturated carbocycles. The van der Waals surface area contributed by atoms with E-state index in [1.165, 1.54) is 38.8 Å². The predicted molar refractivity (Wildman–Crippen MR) is 87.5 cm³/mol. The number of hydrogen-bond acceptors (Lipinski definition) is 3. The van der Waals surface area contributed by atoms with Crippen LogP contribution in [-0.2, 0) is 9.47 Å². The lowest BCUT2D eigenvalue weighted by Crippen LogP contribution is -2.49. The van der Waals surface area contributed by atoms with Crippen LogP contribution in [0.5, 0.6) is 0 Å². The van der Waals surface area contributed by atoms with E-state index in [0.29, 0.717) is 29.6 Å². The van der Waals surface area contributed by atoms with Gasteiger partial charge in [0.15, 0.2) is 0 Å². The number of hydrogen-bond donors (Lipinski definition) is 0. The smallest absolute Gasteiger partial charge is 0.0624 e. The Morgan fingerprint density at radius 3 is 2.33 bits per heavy atom. The Morgan fingerprint density at radius 2 is 1.81 bits per heavy atom. The largest absolute Gasteiger partial charge is 0.381 e. The molecule has 0 amide bonds. The van der Waals surface area contributed by atoms with Gasteiger partial charge >= 0.3 is 0 Å². The third kappa shape index (κ3) is 4.00. The van der Waals surface area contributed by atoms with Gasteiger partial charge in [0.25, 0.3) is 0 Å². The Bertz CT molecular complexity index is 323. The van der Waals surface area contributed by atoms with Gasteiger partial charge in [-0.15, -0.1) is 0 Å². The normalized spacial score (nSPS) is 35.0. The van der Waals surface area contributed by atoms with Gasteiger partial charge in [-0.3, -0.25) is 0 Å². The van der Waals surface area contributed by atoms with Crippen LogP contribution in [0.3, 0.4) is 0 Å². The van der Waals surface area contributed by atoms with Crippen molar-refractivity contribution in [3.8, 4) is 0 Å². The summed E-state index contributed by atoms with van der Waals surface area (Å²) in [6.07, 6.45) is 5.88. The van der Waals surface area contributed by atoms with Crippen molar-refractivity contribution >= 4 is 0 Å². The van der Waals surface area contributed by atoms with Crippen molar-refractivity contribution in [2.75, 3.05) is 27.3 Å². The summed E-state index contributed by atoms with van der Waals surface area (Å²) in [4.78, 5) is 2.62. The molecule has 2 fully saturated rings. The van der Waals surface area contributed by atoms with E-state index < -0.39 is 0 Å². The van der Waals surface area contributed by atoms with Gasteiger partial charge in [0.2, 0.25) is 0 Å². The second-order valence-electron chi connectivity index (χ2n) is 8.13. The molecule has 0 aromatic carbocycles. The van der Waals surface area contributed by atoms with Gasteiger partial charge in [-0.2, -0.15) is 0 Å². The summed E-state index contributed by atoms with van der Waals surface area (Å²) in [5.41, 5.74) is 0.399. The summed E-state index contributed by atoms with van der Waals surface area (Å²) in [7, 11) is 3.73. The molecule has 2 aliphatic rings. The predicted octanol–water partition coefficient (Wildman–Crippen LogP) is 3.57. The lowest BCUT2D eigenvalue weighted by Gasteiger charge is -2.49. The van der Waals surface area contributed by atoms with Crippen LogP contribution in [0.1, 0.15) is 53.4 Å². The number of likely N-dealkylation sites (tertiary alicyclic amines) is 1. The van der Waals surface area contributed by atoms with E-state index in [2.05, 4.69) is 32.6 Å². The molecule has 0 aromatic heterocycles. The molecule has 2 atom stereocenters. The zero-order valence-electron chi connectivity index (χ0n) is 14.9. The van der Waals surface area contributed by atoms with Crippen LogP contribution in [0.2, 0.25) is 0 Å². The van der Waals surface area contributed by atoms with Gasteiger partial charge in [-0.1, -0.05) is 13.8 Å². The average molecular weight is 297 g/mol. The second kappa shape index (κ2) is 6.97. The number of nitrogens with zero attached hydrogens (tertiary/aromatic N) is 1.